The molecule has 2 saturated heterocycles. The molecule has 0 spiro atoms. The Hall–Kier alpha value is -1.66. The number of amides is 1. The Morgan fingerprint density at radius 2 is 2.23 bits per heavy atom. The van der Waals surface area contributed by atoms with Gasteiger partial charge in [0.2, 0.25) is 5.91 Å². The van der Waals surface area contributed by atoms with E-state index in [2.05, 4.69) is 27.4 Å². The van der Waals surface area contributed by atoms with Crippen molar-refractivity contribution in [2.24, 2.45) is 5.92 Å². The molecule has 0 bridgehead atoms. The van der Waals surface area contributed by atoms with Gasteiger partial charge in [-0.05, 0) is 38.4 Å². The zero-order chi connectivity index (χ0) is 15.4. The predicted molar refractivity (Wildman–Crippen MR) is 86.1 cm³/mol. The van der Waals surface area contributed by atoms with Gasteiger partial charge in [0.1, 0.15) is 5.82 Å². The normalized spacial score (nSPS) is 25.8. The number of carbonyl (C=O) groups excluding carboxylic acids is 1. The van der Waals surface area contributed by atoms with E-state index in [0.717, 1.165) is 51.4 Å². The molecule has 1 amide bonds. The minimum absolute atomic E-state index is 0.0805. The first-order valence-electron chi connectivity index (χ1n) is 8.05. The third-order valence-corrected chi connectivity index (χ3v) is 4.37. The molecule has 3 heterocycles. The Kier molecular flexibility index (Phi) is 4.90. The second-order valence-electron chi connectivity index (χ2n) is 6.07. The molecule has 0 radical (unpaired) electrons. The van der Waals surface area contributed by atoms with Crippen molar-refractivity contribution >= 4 is 17.4 Å². The molecule has 120 valence electrons. The summed E-state index contributed by atoms with van der Waals surface area (Å²) in [6, 6.07) is 4.30. The Morgan fingerprint density at radius 1 is 1.41 bits per heavy atom. The van der Waals surface area contributed by atoms with Gasteiger partial charge in [-0.25, -0.2) is 4.98 Å². The molecule has 6 heteroatoms. The van der Waals surface area contributed by atoms with Gasteiger partial charge < -0.3 is 20.3 Å². The molecule has 1 aromatic rings. The largest absolute Gasteiger partial charge is 0.378 e. The smallest absolute Gasteiger partial charge is 0.228 e. The van der Waals surface area contributed by atoms with E-state index >= 15 is 0 Å². The minimum Gasteiger partial charge on any atom is -0.378 e. The summed E-state index contributed by atoms with van der Waals surface area (Å²) in [7, 11) is 0. The Bertz CT molecular complexity index is 499. The predicted octanol–water partition coefficient (Wildman–Crippen LogP) is 1.24. The van der Waals surface area contributed by atoms with Crippen LogP contribution in [0.2, 0.25) is 0 Å². The molecular weight excluding hydrogens is 280 g/mol. The van der Waals surface area contributed by atoms with Gasteiger partial charge in [0.05, 0.1) is 25.1 Å². The van der Waals surface area contributed by atoms with Gasteiger partial charge >= 0.3 is 0 Å². The minimum atomic E-state index is 0.0805. The SMILES string of the molecule is C[C@H]1C[C@@H](C(=O)Nc2ccc(N3CCOCC3)cn2)CCN1. The van der Waals surface area contributed by atoms with Crippen LogP contribution in [0.3, 0.4) is 0 Å². The fraction of sp³-hybridized carbons (Fsp3) is 0.625. The summed E-state index contributed by atoms with van der Waals surface area (Å²) in [6.07, 6.45) is 3.60. The van der Waals surface area contributed by atoms with Crippen LogP contribution in [-0.2, 0) is 9.53 Å². The zero-order valence-corrected chi connectivity index (χ0v) is 13.0. The van der Waals surface area contributed by atoms with Crippen molar-refractivity contribution in [1.82, 2.24) is 10.3 Å². The van der Waals surface area contributed by atoms with Crippen LogP contribution in [0.1, 0.15) is 19.8 Å². The van der Waals surface area contributed by atoms with Crippen LogP contribution in [0.25, 0.3) is 0 Å². The lowest BCUT2D eigenvalue weighted by Gasteiger charge is -2.28. The van der Waals surface area contributed by atoms with E-state index in [0.29, 0.717) is 11.9 Å². The maximum atomic E-state index is 12.3. The molecule has 2 atom stereocenters. The number of nitrogens with zero attached hydrogens (tertiary/aromatic N) is 2. The molecular formula is C16H24N4O2. The Labute approximate surface area is 131 Å². The van der Waals surface area contributed by atoms with E-state index < -0.39 is 0 Å². The first kappa shape index (κ1) is 15.2. The maximum absolute atomic E-state index is 12.3. The van der Waals surface area contributed by atoms with Crippen molar-refractivity contribution in [3.63, 3.8) is 0 Å². The summed E-state index contributed by atoms with van der Waals surface area (Å²) in [6.45, 7) is 6.32. The van der Waals surface area contributed by atoms with Crippen LogP contribution >= 0.6 is 0 Å². The number of hydrogen-bond acceptors (Lipinski definition) is 5. The summed E-state index contributed by atoms with van der Waals surface area (Å²) >= 11 is 0. The van der Waals surface area contributed by atoms with Crippen LogP contribution < -0.4 is 15.5 Å². The molecule has 2 fully saturated rings. The van der Waals surface area contributed by atoms with Gasteiger partial charge in [0, 0.05) is 25.0 Å². The lowest BCUT2D eigenvalue weighted by atomic mass is 9.92. The van der Waals surface area contributed by atoms with Crippen molar-refractivity contribution in [3.05, 3.63) is 18.3 Å². The first-order valence-corrected chi connectivity index (χ1v) is 8.05. The number of hydrogen-bond donors (Lipinski definition) is 2. The zero-order valence-electron chi connectivity index (χ0n) is 13.0. The third kappa shape index (κ3) is 3.75. The van der Waals surface area contributed by atoms with Crippen LogP contribution in [0.15, 0.2) is 18.3 Å². The first-order chi connectivity index (χ1) is 10.7. The number of rotatable bonds is 3. The van der Waals surface area contributed by atoms with Crippen molar-refractivity contribution < 1.29 is 9.53 Å². The Balaban J connectivity index is 1.57. The fourth-order valence-corrected chi connectivity index (χ4v) is 3.07. The highest BCUT2D eigenvalue weighted by atomic mass is 16.5. The fourth-order valence-electron chi connectivity index (χ4n) is 3.07. The van der Waals surface area contributed by atoms with Crippen LogP contribution in [-0.4, -0.2) is 49.8 Å². The average molecular weight is 304 g/mol. The highest BCUT2D eigenvalue weighted by Gasteiger charge is 2.24. The number of anilines is 2. The van der Waals surface area contributed by atoms with E-state index in [-0.39, 0.29) is 11.8 Å². The molecule has 3 rings (SSSR count). The molecule has 2 aliphatic rings. The van der Waals surface area contributed by atoms with Gasteiger partial charge in [-0.2, -0.15) is 0 Å². The number of pyridine rings is 1. The molecule has 2 N–H and O–H groups in total. The lowest BCUT2D eigenvalue weighted by molar-refractivity contribution is -0.120. The molecule has 1 aromatic heterocycles. The van der Waals surface area contributed by atoms with Crippen molar-refractivity contribution in [1.29, 1.82) is 0 Å². The second kappa shape index (κ2) is 7.07. The van der Waals surface area contributed by atoms with Crippen LogP contribution in [0, 0.1) is 5.92 Å². The highest BCUT2D eigenvalue weighted by Crippen LogP contribution is 2.20. The second-order valence-corrected chi connectivity index (χ2v) is 6.07. The van der Waals surface area contributed by atoms with E-state index in [9.17, 15) is 4.79 Å². The molecule has 0 aliphatic carbocycles. The van der Waals surface area contributed by atoms with Gasteiger partial charge in [0.25, 0.3) is 0 Å². The van der Waals surface area contributed by atoms with Gasteiger partial charge in [-0.15, -0.1) is 0 Å². The van der Waals surface area contributed by atoms with Crippen molar-refractivity contribution in [3.8, 4) is 0 Å². The van der Waals surface area contributed by atoms with Crippen molar-refractivity contribution in [2.45, 2.75) is 25.8 Å². The van der Waals surface area contributed by atoms with Gasteiger partial charge in [0.15, 0.2) is 0 Å². The molecule has 6 nitrogen and oxygen atoms in total. The van der Waals surface area contributed by atoms with E-state index in [4.69, 9.17) is 4.74 Å². The number of nitrogens with one attached hydrogen (secondary N) is 2. The molecule has 0 saturated carbocycles. The number of carbonyl (C=O) groups is 1. The average Bonchev–Trinajstić information content (AvgIpc) is 2.56. The lowest BCUT2D eigenvalue weighted by Crippen LogP contribution is -2.40. The molecule has 2 aliphatic heterocycles. The number of ether oxygens (including phenoxy) is 1. The third-order valence-electron chi connectivity index (χ3n) is 4.37. The summed E-state index contributed by atoms with van der Waals surface area (Å²) in [5.41, 5.74) is 1.08. The number of morpholine rings is 1. The van der Waals surface area contributed by atoms with Crippen LogP contribution in [0.4, 0.5) is 11.5 Å². The maximum Gasteiger partial charge on any atom is 0.228 e. The monoisotopic (exact) mass is 304 g/mol. The van der Waals surface area contributed by atoms with E-state index in [1.165, 1.54) is 0 Å². The van der Waals surface area contributed by atoms with Crippen LogP contribution in [0.5, 0.6) is 0 Å². The molecule has 0 aromatic carbocycles. The quantitative estimate of drug-likeness (QED) is 0.879. The molecule has 0 unspecified atom stereocenters. The Morgan fingerprint density at radius 3 is 2.91 bits per heavy atom. The highest BCUT2D eigenvalue weighted by molar-refractivity contribution is 5.91. The summed E-state index contributed by atoms with van der Waals surface area (Å²) in [5.74, 6) is 0.796. The molecule has 22 heavy (non-hydrogen) atoms. The summed E-state index contributed by atoms with van der Waals surface area (Å²) < 4.78 is 5.35. The standard InChI is InChI=1S/C16H24N4O2/c1-12-10-13(4-5-17-12)16(21)19-15-3-2-14(11-18-15)20-6-8-22-9-7-20/h2-3,11-13,17H,4-10H2,1H3,(H,18,19,21)/t12-,13-/m0/s1. The number of aromatic nitrogens is 1. The van der Waals surface area contributed by atoms with Gasteiger partial charge in [-0.3, -0.25) is 4.79 Å². The summed E-state index contributed by atoms with van der Waals surface area (Å²) in [5, 5.41) is 6.30. The van der Waals surface area contributed by atoms with Crippen molar-refractivity contribution in [2.75, 3.05) is 43.1 Å². The topological polar surface area (TPSA) is 66.5 Å². The van der Waals surface area contributed by atoms with Gasteiger partial charge in [-0.1, -0.05) is 0 Å². The van der Waals surface area contributed by atoms with E-state index in [1.54, 1.807) is 0 Å². The number of piperidine rings is 1. The van der Waals surface area contributed by atoms with E-state index in [1.807, 2.05) is 18.3 Å². The summed E-state index contributed by atoms with van der Waals surface area (Å²) in [4.78, 5) is 18.9.